The van der Waals surface area contributed by atoms with Crippen LogP contribution in [-0.4, -0.2) is 17.6 Å². The van der Waals surface area contributed by atoms with E-state index in [-0.39, 0.29) is 0 Å². The van der Waals surface area contributed by atoms with Crippen molar-refractivity contribution in [1.82, 2.24) is 0 Å². The first kappa shape index (κ1) is 15.1. The van der Waals surface area contributed by atoms with Crippen molar-refractivity contribution in [3.8, 4) is 0 Å². The molecule has 3 aromatic rings. The molecule has 0 saturated carbocycles. The Morgan fingerprint density at radius 2 is 1.60 bits per heavy atom. The average Bonchev–Trinajstić information content (AvgIpc) is 2.97. The van der Waals surface area contributed by atoms with Crippen LogP contribution in [0, 0.1) is 0 Å². The second-order valence-corrected chi connectivity index (χ2v) is 5.85. The van der Waals surface area contributed by atoms with Crippen LogP contribution in [0.1, 0.15) is 11.5 Å². The number of hydrogen-bond donors (Lipinski definition) is 2. The lowest BCUT2D eigenvalue weighted by atomic mass is 9.95. The first-order valence-corrected chi connectivity index (χ1v) is 7.88. The van der Waals surface area contributed by atoms with Gasteiger partial charge in [-0.2, -0.15) is 0 Å². The highest BCUT2D eigenvalue weighted by molar-refractivity contribution is 6.47. The molecule has 2 amide bonds. The molecular weight excluding hydrogens is 316 g/mol. The molecule has 0 fully saturated rings. The molecular formula is C20H14N2O3. The first-order chi connectivity index (χ1) is 12.1. The van der Waals surface area contributed by atoms with Gasteiger partial charge in [0.25, 0.3) is 5.91 Å². The second kappa shape index (κ2) is 5.87. The summed E-state index contributed by atoms with van der Waals surface area (Å²) in [6.45, 7) is 0. The van der Waals surface area contributed by atoms with Crippen LogP contribution in [0.4, 0.5) is 11.4 Å². The number of carbonyl (C=O) groups excluding carboxylic acids is 3. The van der Waals surface area contributed by atoms with E-state index in [0.717, 1.165) is 10.8 Å². The van der Waals surface area contributed by atoms with Crippen molar-refractivity contribution in [2.75, 3.05) is 10.6 Å². The fourth-order valence-corrected chi connectivity index (χ4v) is 3.12. The van der Waals surface area contributed by atoms with Gasteiger partial charge >= 0.3 is 0 Å². The van der Waals surface area contributed by atoms with Crippen LogP contribution >= 0.6 is 0 Å². The standard InChI is InChI=1S/C20H14N2O3/c23-18(17-14-9-3-4-10-16(14)21-19(17)24)20(25)22-15-11-5-7-12-6-1-2-8-13(12)15/h1-11,17H,(H,21,24)(H,22,25)/t17-/m1/s1. The van der Waals surface area contributed by atoms with E-state index in [4.69, 9.17) is 0 Å². The Hall–Kier alpha value is -3.47. The van der Waals surface area contributed by atoms with Crippen LogP contribution in [0.15, 0.2) is 66.7 Å². The maximum Gasteiger partial charge on any atom is 0.292 e. The molecule has 0 radical (unpaired) electrons. The quantitative estimate of drug-likeness (QED) is 0.572. The van der Waals surface area contributed by atoms with E-state index in [2.05, 4.69) is 10.6 Å². The third-order valence-corrected chi connectivity index (χ3v) is 4.32. The van der Waals surface area contributed by atoms with Gasteiger partial charge in [0.1, 0.15) is 5.92 Å². The predicted octanol–water partition coefficient (Wildman–Crippen LogP) is 3.08. The van der Waals surface area contributed by atoms with Crippen LogP contribution in [0.3, 0.4) is 0 Å². The number of benzene rings is 3. The SMILES string of the molecule is O=C(Nc1cccc2ccccc12)C(=O)[C@@H]1C(=O)Nc2ccccc21. The number of fused-ring (bicyclic) bond motifs is 2. The number of hydrogen-bond acceptors (Lipinski definition) is 3. The minimum Gasteiger partial charge on any atom is -0.325 e. The van der Waals surface area contributed by atoms with E-state index in [0.29, 0.717) is 16.9 Å². The molecule has 0 saturated heterocycles. The molecule has 0 unspecified atom stereocenters. The summed E-state index contributed by atoms with van der Waals surface area (Å²) < 4.78 is 0. The van der Waals surface area contributed by atoms with Crippen molar-refractivity contribution in [2.24, 2.45) is 0 Å². The monoisotopic (exact) mass is 330 g/mol. The van der Waals surface area contributed by atoms with Gasteiger partial charge < -0.3 is 10.6 Å². The average molecular weight is 330 g/mol. The molecule has 0 aromatic heterocycles. The maximum absolute atomic E-state index is 12.6. The summed E-state index contributed by atoms with van der Waals surface area (Å²) in [5.74, 6) is -3.14. The van der Waals surface area contributed by atoms with Crippen LogP contribution < -0.4 is 10.6 Å². The number of rotatable bonds is 3. The van der Waals surface area contributed by atoms with Crippen molar-refractivity contribution in [3.05, 3.63) is 72.3 Å². The van der Waals surface area contributed by atoms with Gasteiger partial charge in [-0.25, -0.2) is 0 Å². The Morgan fingerprint density at radius 3 is 2.48 bits per heavy atom. The molecule has 1 heterocycles. The van der Waals surface area contributed by atoms with Crippen LogP contribution in [0.25, 0.3) is 10.8 Å². The van der Waals surface area contributed by atoms with Gasteiger partial charge in [0.15, 0.2) is 0 Å². The number of Topliss-reactive ketones (excluding diaryl/α,β-unsaturated/α-hetero) is 1. The predicted molar refractivity (Wildman–Crippen MR) is 95.4 cm³/mol. The van der Waals surface area contributed by atoms with Crippen molar-refractivity contribution in [2.45, 2.75) is 5.92 Å². The molecule has 1 aliphatic rings. The number of carbonyl (C=O) groups is 3. The van der Waals surface area contributed by atoms with Gasteiger partial charge in [-0.15, -0.1) is 0 Å². The Balaban J connectivity index is 1.63. The largest absolute Gasteiger partial charge is 0.325 e. The van der Waals surface area contributed by atoms with Gasteiger partial charge in [-0.1, -0.05) is 54.6 Å². The summed E-state index contributed by atoms with van der Waals surface area (Å²) in [5.41, 5.74) is 1.65. The summed E-state index contributed by atoms with van der Waals surface area (Å²) in [6, 6.07) is 19.9. The first-order valence-electron chi connectivity index (χ1n) is 7.88. The minimum atomic E-state index is -1.11. The highest BCUT2D eigenvalue weighted by Crippen LogP contribution is 2.33. The fourth-order valence-electron chi connectivity index (χ4n) is 3.12. The van der Waals surface area contributed by atoms with Gasteiger partial charge in [0, 0.05) is 16.8 Å². The topological polar surface area (TPSA) is 75.3 Å². The van der Waals surface area contributed by atoms with Gasteiger partial charge in [-0.3, -0.25) is 14.4 Å². The Kier molecular flexibility index (Phi) is 3.54. The van der Waals surface area contributed by atoms with E-state index in [1.165, 1.54) is 0 Å². The van der Waals surface area contributed by atoms with E-state index < -0.39 is 23.5 Å². The molecule has 4 rings (SSSR count). The van der Waals surface area contributed by atoms with E-state index in [1.54, 1.807) is 36.4 Å². The fraction of sp³-hybridized carbons (Fsp3) is 0.0500. The van der Waals surface area contributed by atoms with Crippen molar-refractivity contribution in [1.29, 1.82) is 0 Å². The molecule has 122 valence electrons. The number of amides is 2. The lowest BCUT2D eigenvalue weighted by molar-refractivity contribution is -0.138. The van der Waals surface area contributed by atoms with Gasteiger partial charge in [0.2, 0.25) is 11.7 Å². The van der Waals surface area contributed by atoms with Crippen molar-refractivity contribution < 1.29 is 14.4 Å². The second-order valence-electron chi connectivity index (χ2n) is 5.85. The minimum absolute atomic E-state index is 0.473. The molecule has 0 spiro atoms. The third kappa shape index (κ3) is 2.55. The molecule has 2 N–H and O–H groups in total. The molecule has 1 atom stereocenters. The zero-order valence-corrected chi connectivity index (χ0v) is 13.2. The Bertz CT molecular complexity index is 1020. The number of para-hydroxylation sites is 1. The molecule has 0 bridgehead atoms. The Morgan fingerprint density at radius 1 is 0.880 bits per heavy atom. The third-order valence-electron chi connectivity index (χ3n) is 4.32. The number of nitrogens with one attached hydrogen (secondary N) is 2. The molecule has 5 nitrogen and oxygen atoms in total. The van der Waals surface area contributed by atoms with Crippen LogP contribution in [0.2, 0.25) is 0 Å². The summed E-state index contributed by atoms with van der Waals surface area (Å²) in [5, 5.41) is 7.07. The van der Waals surface area contributed by atoms with Gasteiger partial charge in [-0.05, 0) is 23.1 Å². The lowest BCUT2D eigenvalue weighted by Crippen LogP contribution is -2.32. The maximum atomic E-state index is 12.6. The van der Waals surface area contributed by atoms with Crippen LogP contribution in [0.5, 0.6) is 0 Å². The highest BCUT2D eigenvalue weighted by Gasteiger charge is 2.39. The highest BCUT2D eigenvalue weighted by atomic mass is 16.2. The van der Waals surface area contributed by atoms with Crippen molar-refractivity contribution in [3.63, 3.8) is 0 Å². The lowest BCUT2D eigenvalue weighted by Gasteiger charge is -2.10. The van der Waals surface area contributed by atoms with E-state index in [1.807, 2.05) is 30.3 Å². The van der Waals surface area contributed by atoms with Crippen LogP contribution in [-0.2, 0) is 14.4 Å². The molecule has 25 heavy (non-hydrogen) atoms. The van der Waals surface area contributed by atoms with Gasteiger partial charge in [0.05, 0.1) is 0 Å². The summed E-state index contributed by atoms with van der Waals surface area (Å²) >= 11 is 0. The number of anilines is 2. The summed E-state index contributed by atoms with van der Waals surface area (Å²) in [4.78, 5) is 37.2. The van der Waals surface area contributed by atoms with E-state index >= 15 is 0 Å². The summed E-state index contributed by atoms with van der Waals surface area (Å²) in [6.07, 6.45) is 0. The molecule has 1 aliphatic heterocycles. The number of ketones is 1. The van der Waals surface area contributed by atoms with E-state index in [9.17, 15) is 14.4 Å². The van der Waals surface area contributed by atoms with Crippen molar-refractivity contribution >= 4 is 39.7 Å². The zero-order chi connectivity index (χ0) is 17.4. The molecule has 0 aliphatic carbocycles. The zero-order valence-electron chi connectivity index (χ0n) is 13.2. The smallest absolute Gasteiger partial charge is 0.292 e. The molecule has 3 aromatic carbocycles. The Labute approximate surface area is 143 Å². The molecule has 5 heteroatoms. The summed E-state index contributed by atoms with van der Waals surface area (Å²) in [7, 11) is 0. The normalized spacial score (nSPS) is 15.5.